The lowest BCUT2D eigenvalue weighted by Crippen LogP contribution is -2.48. The molecule has 2 heterocycles. The van der Waals surface area contributed by atoms with Crippen LogP contribution < -0.4 is 15.4 Å². The lowest BCUT2D eigenvalue weighted by molar-refractivity contribution is 0.0925. The van der Waals surface area contributed by atoms with Gasteiger partial charge in [-0.1, -0.05) is 11.6 Å². The maximum atomic E-state index is 12.6. The number of benzene rings is 1. The van der Waals surface area contributed by atoms with E-state index in [9.17, 15) is 13.2 Å². The highest BCUT2D eigenvalue weighted by Gasteiger charge is 2.34. The summed E-state index contributed by atoms with van der Waals surface area (Å²) in [6.45, 7) is 1.88. The van der Waals surface area contributed by atoms with Gasteiger partial charge in [0.25, 0.3) is 5.91 Å². The molecule has 0 aliphatic carbocycles. The Morgan fingerprint density at radius 3 is 2.42 bits per heavy atom. The average Bonchev–Trinajstić information content (AvgIpc) is 2.78. The van der Waals surface area contributed by atoms with E-state index >= 15 is 0 Å². The predicted molar refractivity (Wildman–Crippen MR) is 97.3 cm³/mol. The van der Waals surface area contributed by atoms with Gasteiger partial charge in [-0.3, -0.25) is 9.52 Å². The number of anilines is 1. The van der Waals surface area contributed by atoms with E-state index in [-0.39, 0.29) is 24.4 Å². The first-order valence-corrected chi connectivity index (χ1v) is 9.84. The molecule has 24 heavy (non-hydrogen) atoms. The molecule has 2 atom stereocenters. The van der Waals surface area contributed by atoms with Crippen molar-refractivity contribution in [3.8, 4) is 0 Å². The van der Waals surface area contributed by atoms with Gasteiger partial charge in [0, 0.05) is 18.1 Å². The highest BCUT2D eigenvalue weighted by atomic mass is 35.5. The summed E-state index contributed by atoms with van der Waals surface area (Å²) in [6, 6.07) is 6.27. The Labute approximate surface area is 149 Å². The molecule has 8 heteroatoms. The molecule has 2 saturated heterocycles. The molecule has 2 aliphatic rings. The van der Waals surface area contributed by atoms with Crippen LogP contribution in [0.1, 0.15) is 41.6 Å². The van der Waals surface area contributed by atoms with Crippen molar-refractivity contribution in [3.63, 3.8) is 0 Å². The first-order chi connectivity index (χ1) is 10.8. The summed E-state index contributed by atoms with van der Waals surface area (Å²) in [5.41, 5.74) is 1.62. The maximum Gasteiger partial charge on any atom is 0.253 e. The molecule has 3 rings (SSSR count). The van der Waals surface area contributed by atoms with Gasteiger partial charge in [-0.2, -0.15) is 0 Å². The number of hydrogen-bond donors (Lipinski definition) is 3. The van der Waals surface area contributed by atoms with Crippen LogP contribution in [-0.2, 0) is 10.0 Å². The Hall–Kier alpha value is -1.31. The fraction of sp³-hybridized carbons (Fsp3) is 0.562. The summed E-state index contributed by atoms with van der Waals surface area (Å²) in [7, 11) is -3.43. The Kier molecular flexibility index (Phi) is 5.78. The third-order valence-corrected chi connectivity index (χ3v) is 5.11. The number of carbonyl (C=O) groups excluding carboxylic acids is 1. The number of hydrogen-bond acceptors (Lipinski definition) is 4. The molecule has 0 aromatic heterocycles. The van der Waals surface area contributed by atoms with E-state index in [0.717, 1.165) is 24.7 Å². The van der Waals surface area contributed by atoms with Crippen molar-refractivity contribution in [3.05, 3.63) is 29.3 Å². The van der Waals surface area contributed by atoms with Gasteiger partial charge >= 0.3 is 0 Å². The standard InChI is InChI=1S/C16H23N3O3S.ClH/c1-10-3-6-15(19-23(2,21)22)14(7-10)16(20)18-13-8-11-4-5-12(9-13)17-11;/h3,6-7,11-13,17,19H,4-5,8-9H2,1-2H3,(H,18,20);1H. The first-order valence-electron chi connectivity index (χ1n) is 7.95. The van der Waals surface area contributed by atoms with Crippen LogP contribution in [0.3, 0.4) is 0 Å². The summed E-state index contributed by atoms with van der Waals surface area (Å²) >= 11 is 0. The molecule has 3 N–H and O–H groups in total. The zero-order chi connectivity index (χ0) is 16.6. The van der Waals surface area contributed by atoms with Crippen LogP contribution in [0, 0.1) is 6.92 Å². The molecule has 1 amide bonds. The monoisotopic (exact) mass is 373 g/mol. The number of fused-ring (bicyclic) bond motifs is 2. The number of rotatable bonds is 4. The zero-order valence-electron chi connectivity index (χ0n) is 13.8. The molecule has 2 bridgehead atoms. The number of sulfonamides is 1. The van der Waals surface area contributed by atoms with Crippen LogP contribution in [0.4, 0.5) is 5.69 Å². The third-order valence-electron chi connectivity index (χ3n) is 4.52. The number of piperidine rings is 1. The molecule has 0 spiro atoms. The predicted octanol–water partition coefficient (Wildman–Crippen LogP) is 1.80. The van der Waals surface area contributed by atoms with Gasteiger partial charge in [-0.25, -0.2) is 8.42 Å². The van der Waals surface area contributed by atoms with Crippen molar-refractivity contribution in [2.75, 3.05) is 11.0 Å². The van der Waals surface area contributed by atoms with Crippen LogP contribution in [0.25, 0.3) is 0 Å². The Morgan fingerprint density at radius 1 is 1.21 bits per heavy atom. The van der Waals surface area contributed by atoms with E-state index in [1.54, 1.807) is 18.2 Å². The van der Waals surface area contributed by atoms with Crippen molar-refractivity contribution in [1.82, 2.24) is 10.6 Å². The lowest BCUT2D eigenvalue weighted by Gasteiger charge is -2.30. The number of carbonyl (C=O) groups is 1. The molecule has 0 radical (unpaired) electrons. The van der Waals surface area contributed by atoms with Crippen LogP contribution in [0.2, 0.25) is 0 Å². The minimum Gasteiger partial charge on any atom is -0.349 e. The second-order valence-corrected chi connectivity index (χ2v) is 8.45. The minimum atomic E-state index is -3.43. The van der Waals surface area contributed by atoms with Crippen LogP contribution in [0.5, 0.6) is 0 Å². The molecular weight excluding hydrogens is 350 g/mol. The number of amides is 1. The number of nitrogens with one attached hydrogen (secondary N) is 3. The lowest BCUT2D eigenvalue weighted by atomic mass is 9.99. The normalized spacial score (nSPS) is 25.7. The minimum absolute atomic E-state index is 0. The summed E-state index contributed by atoms with van der Waals surface area (Å²) in [5, 5.41) is 6.62. The van der Waals surface area contributed by atoms with E-state index in [1.807, 2.05) is 6.92 Å². The fourth-order valence-corrected chi connectivity index (χ4v) is 4.15. The van der Waals surface area contributed by atoms with Gasteiger partial charge in [0.1, 0.15) is 0 Å². The Bertz CT molecular complexity index is 711. The smallest absolute Gasteiger partial charge is 0.253 e. The quantitative estimate of drug-likeness (QED) is 0.751. The molecule has 1 aromatic rings. The largest absolute Gasteiger partial charge is 0.349 e. The Morgan fingerprint density at radius 2 is 1.83 bits per heavy atom. The highest BCUT2D eigenvalue weighted by Crippen LogP contribution is 2.27. The zero-order valence-corrected chi connectivity index (χ0v) is 15.5. The first kappa shape index (κ1) is 19.0. The second kappa shape index (κ2) is 7.29. The van der Waals surface area contributed by atoms with E-state index in [1.165, 1.54) is 12.8 Å². The van der Waals surface area contributed by atoms with Gasteiger partial charge in [-0.15, -0.1) is 12.4 Å². The summed E-state index contributed by atoms with van der Waals surface area (Å²) in [6.07, 6.45) is 5.29. The summed E-state index contributed by atoms with van der Waals surface area (Å²) < 4.78 is 25.4. The van der Waals surface area contributed by atoms with Crippen LogP contribution in [0.15, 0.2) is 18.2 Å². The second-order valence-electron chi connectivity index (χ2n) is 6.70. The Balaban J connectivity index is 0.00000208. The third kappa shape index (κ3) is 4.62. The number of halogens is 1. The molecule has 134 valence electrons. The molecule has 1 aromatic carbocycles. The van der Waals surface area contributed by atoms with Crippen LogP contribution >= 0.6 is 12.4 Å². The molecule has 2 aliphatic heterocycles. The topological polar surface area (TPSA) is 87.3 Å². The fourth-order valence-electron chi connectivity index (χ4n) is 3.57. The van der Waals surface area contributed by atoms with E-state index in [2.05, 4.69) is 15.4 Å². The van der Waals surface area contributed by atoms with E-state index < -0.39 is 10.0 Å². The van der Waals surface area contributed by atoms with Gasteiger partial charge in [0.05, 0.1) is 17.5 Å². The average molecular weight is 374 g/mol. The molecule has 0 saturated carbocycles. The molecule has 2 fully saturated rings. The molecular formula is C16H24ClN3O3S. The summed E-state index contributed by atoms with van der Waals surface area (Å²) in [5.74, 6) is -0.217. The number of aryl methyl sites for hydroxylation is 1. The summed E-state index contributed by atoms with van der Waals surface area (Å²) in [4.78, 5) is 12.6. The van der Waals surface area contributed by atoms with Crippen LogP contribution in [-0.4, -0.2) is 38.7 Å². The highest BCUT2D eigenvalue weighted by molar-refractivity contribution is 7.92. The van der Waals surface area contributed by atoms with Crippen molar-refractivity contribution in [2.24, 2.45) is 0 Å². The SMILES string of the molecule is Cc1ccc(NS(C)(=O)=O)c(C(=O)NC2CC3CCC(C2)N3)c1.Cl. The van der Waals surface area contributed by atoms with Crippen molar-refractivity contribution in [1.29, 1.82) is 0 Å². The van der Waals surface area contributed by atoms with Gasteiger partial charge in [0.15, 0.2) is 0 Å². The van der Waals surface area contributed by atoms with Gasteiger partial charge in [-0.05, 0) is 44.7 Å². The van der Waals surface area contributed by atoms with Crippen molar-refractivity contribution in [2.45, 2.75) is 50.7 Å². The van der Waals surface area contributed by atoms with Gasteiger partial charge < -0.3 is 10.6 Å². The molecule has 6 nitrogen and oxygen atoms in total. The van der Waals surface area contributed by atoms with Crippen molar-refractivity contribution < 1.29 is 13.2 Å². The maximum absolute atomic E-state index is 12.6. The van der Waals surface area contributed by atoms with E-state index in [4.69, 9.17) is 0 Å². The molecule has 2 unspecified atom stereocenters. The van der Waals surface area contributed by atoms with Crippen molar-refractivity contribution >= 4 is 34.0 Å². The van der Waals surface area contributed by atoms with Gasteiger partial charge in [0.2, 0.25) is 10.0 Å². The van der Waals surface area contributed by atoms with E-state index in [0.29, 0.717) is 23.3 Å².